The molecule has 1 aromatic carbocycles. The Balaban J connectivity index is 2.05. The molecule has 3 nitrogen and oxygen atoms in total. The van der Waals surface area contributed by atoms with Gasteiger partial charge < -0.3 is 9.73 Å². The summed E-state index contributed by atoms with van der Waals surface area (Å²) in [6.07, 6.45) is 0. The van der Waals surface area contributed by atoms with Gasteiger partial charge in [0.15, 0.2) is 0 Å². The smallest absolute Gasteiger partial charge is 0.252 e. The second kappa shape index (κ2) is 5.40. The molecule has 2 rings (SSSR count). The number of halogens is 1. The van der Waals surface area contributed by atoms with Gasteiger partial charge in [-0.2, -0.15) is 0 Å². The SMILES string of the molecule is Cc1cc(CNC(=O)c2ccccc2Br)c(C)o1. The van der Waals surface area contributed by atoms with E-state index in [-0.39, 0.29) is 5.91 Å². The summed E-state index contributed by atoms with van der Waals surface area (Å²) in [6.45, 7) is 4.27. The lowest BCUT2D eigenvalue weighted by atomic mass is 10.2. The van der Waals surface area contributed by atoms with Crippen molar-refractivity contribution in [3.8, 4) is 0 Å². The van der Waals surface area contributed by atoms with E-state index in [4.69, 9.17) is 4.42 Å². The standard InChI is InChI=1S/C14H14BrNO2/c1-9-7-11(10(2)18-9)8-16-14(17)12-5-3-4-6-13(12)15/h3-7H,8H2,1-2H3,(H,16,17). The molecular formula is C14H14BrNO2. The molecule has 0 saturated heterocycles. The Morgan fingerprint density at radius 2 is 2.06 bits per heavy atom. The molecule has 1 amide bonds. The van der Waals surface area contributed by atoms with E-state index in [2.05, 4.69) is 21.2 Å². The lowest BCUT2D eigenvalue weighted by molar-refractivity contribution is 0.0950. The number of carbonyl (C=O) groups excluding carboxylic acids is 1. The fourth-order valence-electron chi connectivity index (χ4n) is 1.78. The lowest BCUT2D eigenvalue weighted by Crippen LogP contribution is -2.23. The molecule has 0 radical (unpaired) electrons. The summed E-state index contributed by atoms with van der Waals surface area (Å²) in [5.41, 5.74) is 1.64. The minimum Gasteiger partial charge on any atom is -0.466 e. The van der Waals surface area contributed by atoms with Gasteiger partial charge in [0.1, 0.15) is 11.5 Å². The summed E-state index contributed by atoms with van der Waals surface area (Å²) >= 11 is 3.36. The quantitative estimate of drug-likeness (QED) is 0.941. The Kier molecular flexibility index (Phi) is 3.87. The largest absolute Gasteiger partial charge is 0.466 e. The second-order valence-corrected chi connectivity index (χ2v) is 4.96. The normalized spacial score (nSPS) is 10.4. The Bertz CT molecular complexity index is 575. The van der Waals surface area contributed by atoms with Gasteiger partial charge in [-0.15, -0.1) is 0 Å². The number of rotatable bonds is 3. The van der Waals surface area contributed by atoms with E-state index in [0.29, 0.717) is 12.1 Å². The highest BCUT2D eigenvalue weighted by Gasteiger charge is 2.10. The van der Waals surface area contributed by atoms with Gasteiger partial charge in [0, 0.05) is 16.6 Å². The molecule has 0 bridgehead atoms. The van der Waals surface area contributed by atoms with Crippen molar-refractivity contribution in [3.05, 3.63) is 57.5 Å². The Labute approximate surface area is 114 Å². The summed E-state index contributed by atoms with van der Waals surface area (Å²) < 4.78 is 6.21. The third-order valence-corrected chi connectivity index (χ3v) is 3.39. The summed E-state index contributed by atoms with van der Waals surface area (Å²) in [5, 5.41) is 2.88. The van der Waals surface area contributed by atoms with Crippen LogP contribution < -0.4 is 5.32 Å². The van der Waals surface area contributed by atoms with Gasteiger partial charge in [0.2, 0.25) is 0 Å². The van der Waals surface area contributed by atoms with E-state index in [9.17, 15) is 4.79 Å². The number of amides is 1. The van der Waals surface area contributed by atoms with Crippen LogP contribution in [0.25, 0.3) is 0 Å². The van der Waals surface area contributed by atoms with Crippen LogP contribution in [0.5, 0.6) is 0 Å². The molecule has 4 heteroatoms. The number of aryl methyl sites for hydroxylation is 2. The highest BCUT2D eigenvalue weighted by molar-refractivity contribution is 9.10. The third kappa shape index (κ3) is 2.82. The van der Waals surface area contributed by atoms with E-state index >= 15 is 0 Å². The molecule has 18 heavy (non-hydrogen) atoms. The van der Waals surface area contributed by atoms with Crippen LogP contribution in [-0.4, -0.2) is 5.91 Å². The van der Waals surface area contributed by atoms with E-state index in [1.807, 2.05) is 38.1 Å². The third-order valence-electron chi connectivity index (χ3n) is 2.70. The molecule has 1 aromatic heterocycles. The molecule has 0 unspecified atom stereocenters. The molecule has 2 aromatic rings. The minimum absolute atomic E-state index is 0.0965. The van der Waals surface area contributed by atoms with E-state index in [1.165, 1.54) is 0 Å². The predicted molar refractivity (Wildman–Crippen MR) is 73.5 cm³/mol. The molecule has 0 aliphatic carbocycles. The van der Waals surface area contributed by atoms with Crippen molar-refractivity contribution in [2.24, 2.45) is 0 Å². The van der Waals surface area contributed by atoms with Crippen LogP contribution in [0, 0.1) is 13.8 Å². The average Bonchev–Trinajstić information content (AvgIpc) is 2.65. The number of nitrogens with one attached hydrogen (secondary N) is 1. The van der Waals surface area contributed by atoms with E-state index < -0.39 is 0 Å². The van der Waals surface area contributed by atoms with Crippen LogP contribution in [0.4, 0.5) is 0 Å². The van der Waals surface area contributed by atoms with Gasteiger partial charge in [0.05, 0.1) is 5.56 Å². The average molecular weight is 308 g/mol. The molecule has 0 fully saturated rings. The summed E-state index contributed by atoms with van der Waals surface area (Å²) in [4.78, 5) is 12.0. The highest BCUT2D eigenvalue weighted by Crippen LogP contribution is 2.17. The zero-order chi connectivity index (χ0) is 13.1. The fourth-order valence-corrected chi connectivity index (χ4v) is 2.24. The summed E-state index contributed by atoms with van der Waals surface area (Å²) in [5.74, 6) is 1.61. The van der Waals surface area contributed by atoms with Crippen LogP contribution in [0.1, 0.15) is 27.4 Å². The monoisotopic (exact) mass is 307 g/mol. The zero-order valence-corrected chi connectivity index (χ0v) is 11.9. The van der Waals surface area contributed by atoms with Gasteiger partial charge in [-0.1, -0.05) is 12.1 Å². The second-order valence-electron chi connectivity index (χ2n) is 4.10. The Hall–Kier alpha value is -1.55. The zero-order valence-electron chi connectivity index (χ0n) is 10.3. The van der Waals surface area contributed by atoms with Crippen molar-refractivity contribution in [2.75, 3.05) is 0 Å². The summed E-state index contributed by atoms with van der Waals surface area (Å²) in [6, 6.07) is 9.29. The molecule has 1 N–H and O–H groups in total. The predicted octanol–water partition coefficient (Wildman–Crippen LogP) is 3.59. The van der Waals surface area contributed by atoms with Gasteiger partial charge in [-0.25, -0.2) is 0 Å². The maximum absolute atomic E-state index is 12.0. The molecule has 0 atom stereocenters. The molecule has 0 saturated carbocycles. The van der Waals surface area contributed by atoms with Gasteiger partial charge in [-0.05, 0) is 48.0 Å². The molecule has 1 heterocycles. The number of carbonyl (C=O) groups is 1. The number of benzene rings is 1. The molecule has 0 aliphatic heterocycles. The van der Waals surface area contributed by atoms with Gasteiger partial charge in [0.25, 0.3) is 5.91 Å². The first-order valence-corrected chi connectivity index (χ1v) is 6.46. The van der Waals surface area contributed by atoms with Crippen molar-refractivity contribution in [1.29, 1.82) is 0 Å². The maximum atomic E-state index is 12.0. The topological polar surface area (TPSA) is 42.2 Å². The number of hydrogen-bond acceptors (Lipinski definition) is 2. The lowest BCUT2D eigenvalue weighted by Gasteiger charge is -2.05. The Morgan fingerprint density at radius 1 is 1.33 bits per heavy atom. The first-order valence-electron chi connectivity index (χ1n) is 5.66. The highest BCUT2D eigenvalue weighted by atomic mass is 79.9. The van der Waals surface area contributed by atoms with Crippen molar-refractivity contribution in [1.82, 2.24) is 5.32 Å². The van der Waals surface area contributed by atoms with Gasteiger partial charge >= 0.3 is 0 Å². The van der Waals surface area contributed by atoms with E-state index in [1.54, 1.807) is 6.07 Å². The van der Waals surface area contributed by atoms with Crippen LogP contribution in [-0.2, 0) is 6.54 Å². The van der Waals surface area contributed by atoms with Crippen LogP contribution in [0.15, 0.2) is 39.2 Å². The molecule has 0 aliphatic rings. The van der Waals surface area contributed by atoms with Crippen molar-refractivity contribution in [2.45, 2.75) is 20.4 Å². The first kappa shape index (κ1) is 12.9. The van der Waals surface area contributed by atoms with Crippen LogP contribution in [0.3, 0.4) is 0 Å². The molecule has 94 valence electrons. The maximum Gasteiger partial charge on any atom is 0.252 e. The number of furan rings is 1. The van der Waals surface area contributed by atoms with Crippen molar-refractivity contribution < 1.29 is 9.21 Å². The van der Waals surface area contributed by atoms with Crippen molar-refractivity contribution >= 4 is 21.8 Å². The van der Waals surface area contributed by atoms with E-state index in [0.717, 1.165) is 21.6 Å². The van der Waals surface area contributed by atoms with Crippen LogP contribution >= 0.6 is 15.9 Å². The number of hydrogen-bond donors (Lipinski definition) is 1. The summed E-state index contributed by atoms with van der Waals surface area (Å²) in [7, 11) is 0. The van der Waals surface area contributed by atoms with Crippen LogP contribution in [0.2, 0.25) is 0 Å². The fraction of sp³-hybridized carbons (Fsp3) is 0.214. The van der Waals surface area contributed by atoms with Crippen molar-refractivity contribution in [3.63, 3.8) is 0 Å². The molecular weight excluding hydrogens is 294 g/mol. The molecule has 0 spiro atoms. The minimum atomic E-state index is -0.0965. The first-order chi connectivity index (χ1) is 8.58. The Morgan fingerprint density at radius 3 is 2.67 bits per heavy atom. The van der Waals surface area contributed by atoms with Gasteiger partial charge in [-0.3, -0.25) is 4.79 Å².